The fraction of sp³-hybridized carbons (Fsp3) is 1.00. The minimum atomic E-state index is -0.689. The zero-order valence-corrected chi connectivity index (χ0v) is 8.79. The average molecular weight is 189 g/mol. The van der Waals surface area contributed by atoms with Gasteiger partial charge in [-0.05, 0) is 27.2 Å². The first kappa shape index (κ1) is 10.9. The van der Waals surface area contributed by atoms with Crippen molar-refractivity contribution in [3.05, 3.63) is 0 Å². The fourth-order valence-electron chi connectivity index (χ4n) is 1.65. The summed E-state index contributed by atoms with van der Waals surface area (Å²) >= 11 is 0. The number of morpholine rings is 1. The highest BCUT2D eigenvalue weighted by Gasteiger charge is 2.24. The number of hydrogen-bond acceptors (Lipinski definition) is 2. The molecule has 78 valence electrons. The van der Waals surface area contributed by atoms with E-state index in [0.29, 0.717) is 12.5 Å². The van der Waals surface area contributed by atoms with Gasteiger partial charge in [0.1, 0.15) is 0 Å². The highest BCUT2D eigenvalue weighted by atomic mass is 19.1. The maximum absolute atomic E-state index is 12.6. The van der Waals surface area contributed by atoms with E-state index in [1.807, 2.05) is 0 Å². The van der Waals surface area contributed by atoms with E-state index < -0.39 is 6.17 Å². The van der Waals surface area contributed by atoms with E-state index in [1.54, 1.807) is 6.92 Å². The van der Waals surface area contributed by atoms with Crippen molar-refractivity contribution in [1.29, 1.82) is 0 Å². The standard InChI is InChI=1S/C10H20FNO/c1-8(11)4-5-12-6-7-13-10(3)9(12)2/h8-10H,4-7H2,1-3H3. The van der Waals surface area contributed by atoms with Crippen LogP contribution in [0.2, 0.25) is 0 Å². The smallest absolute Gasteiger partial charge is 0.0985 e. The highest BCUT2D eigenvalue weighted by Crippen LogP contribution is 2.14. The molecule has 1 heterocycles. The Balaban J connectivity index is 2.31. The lowest BCUT2D eigenvalue weighted by Crippen LogP contribution is -2.48. The summed E-state index contributed by atoms with van der Waals surface area (Å²) in [4.78, 5) is 2.31. The van der Waals surface area contributed by atoms with Crippen LogP contribution in [0.3, 0.4) is 0 Å². The topological polar surface area (TPSA) is 12.5 Å². The van der Waals surface area contributed by atoms with Gasteiger partial charge in [-0.2, -0.15) is 0 Å². The second-order valence-electron chi connectivity index (χ2n) is 3.92. The van der Waals surface area contributed by atoms with Crippen LogP contribution in [0, 0.1) is 0 Å². The molecule has 1 saturated heterocycles. The molecule has 0 aromatic carbocycles. The largest absolute Gasteiger partial charge is 0.376 e. The van der Waals surface area contributed by atoms with Gasteiger partial charge in [0, 0.05) is 19.1 Å². The number of alkyl halides is 1. The lowest BCUT2D eigenvalue weighted by atomic mass is 10.1. The van der Waals surface area contributed by atoms with Crippen molar-refractivity contribution in [1.82, 2.24) is 4.90 Å². The van der Waals surface area contributed by atoms with Gasteiger partial charge in [-0.3, -0.25) is 4.90 Å². The number of rotatable bonds is 3. The molecule has 0 amide bonds. The zero-order valence-electron chi connectivity index (χ0n) is 8.79. The Morgan fingerprint density at radius 1 is 1.54 bits per heavy atom. The second kappa shape index (κ2) is 4.91. The van der Waals surface area contributed by atoms with E-state index in [4.69, 9.17) is 4.74 Å². The molecule has 0 aromatic rings. The van der Waals surface area contributed by atoms with Gasteiger partial charge in [-0.15, -0.1) is 0 Å². The van der Waals surface area contributed by atoms with Crippen LogP contribution >= 0.6 is 0 Å². The van der Waals surface area contributed by atoms with Crippen LogP contribution in [-0.4, -0.2) is 42.9 Å². The molecule has 1 aliphatic heterocycles. The van der Waals surface area contributed by atoms with Gasteiger partial charge in [0.05, 0.1) is 18.9 Å². The van der Waals surface area contributed by atoms with E-state index in [0.717, 1.165) is 19.7 Å². The van der Waals surface area contributed by atoms with Crippen molar-refractivity contribution in [3.8, 4) is 0 Å². The molecule has 0 aliphatic carbocycles. The lowest BCUT2D eigenvalue weighted by molar-refractivity contribution is -0.0567. The highest BCUT2D eigenvalue weighted by molar-refractivity contribution is 4.77. The third-order valence-electron chi connectivity index (χ3n) is 2.83. The van der Waals surface area contributed by atoms with E-state index in [9.17, 15) is 4.39 Å². The van der Waals surface area contributed by atoms with Crippen molar-refractivity contribution in [2.24, 2.45) is 0 Å². The van der Waals surface area contributed by atoms with E-state index in [2.05, 4.69) is 18.7 Å². The molecular weight excluding hydrogens is 169 g/mol. The molecule has 3 heteroatoms. The van der Waals surface area contributed by atoms with Crippen LogP contribution in [0.1, 0.15) is 27.2 Å². The predicted octanol–water partition coefficient (Wildman–Crippen LogP) is 1.84. The molecule has 0 spiro atoms. The van der Waals surface area contributed by atoms with Gasteiger partial charge in [0.15, 0.2) is 0 Å². The summed E-state index contributed by atoms with van der Waals surface area (Å²) < 4.78 is 18.1. The molecule has 2 nitrogen and oxygen atoms in total. The third kappa shape index (κ3) is 3.24. The fourth-order valence-corrected chi connectivity index (χ4v) is 1.65. The van der Waals surface area contributed by atoms with Crippen LogP contribution < -0.4 is 0 Å². The Morgan fingerprint density at radius 3 is 2.85 bits per heavy atom. The van der Waals surface area contributed by atoms with E-state index in [-0.39, 0.29) is 6.10 Å². The maximum Gasteiger partial charge on any atom is 0.0985 e. The van der Waals surface area contributed by atoms with Gasteiger partial charge in [0.2, 0.25) is 0 Å². The van der Waals surface area contributed by atoms with Crippen LogP contribution in [0.4, 0.5) is 4.39 Å². The Hall–Kier alpha value is -0.150. The summed E-state index contributed by atoms with van der Waals surface area (Å²) in [6.45, 7) is 8.42. The summed E-state index contributed by atoms with van der Waals surface area (Å²) in [5.41, 5.74) is 0. The average Bonchev–Trinajstić information content (AvgIpc) is 2.07. The Labute approximate surface area is 80.1 Å². The third-order valence-corrected chi connectivity index (χ3v) is 2.83. The van der Waals surface area contributed by atoms with Crippen LogP contribution in [0.5, 0.6) is 0 Å². The SMILES string of the molecule is CC(F)CCN1CCOC(C)C1C. The molecule has 1 rings (SSSR count). The summed E-state index contributed by atoms with van der Waals surface area (Å²) in [5, 5.41) is 0. The van der Waals surface area contributed by atoms with Crippen LogP contribution in [0.15, 0.2) is 0 Å². The second-order valence-corrected chi connectivity index (χ2v) is 3.92. The lowest BCUT2D eigenvalue weighted by Gasteiger charge is -2.37. The molecule has 0 aromatic heterocycles. The first-order valence-electron chi connectivity index (χ1n) is 5.11. The van der Waals surface area contributed by atoms with Crippen LogP contribution in [0.25, 0.3) is 0 Å². The first-order chi connectivity index (χ1) is 6.11. The van der Waals surface area contributed by atoms with Crippen molar-refractivity contribution in [3.63, 3.8) is 0 Å². The molecule has 13 heavy (non-hydrogen) atoms. The summed E-state index contributed by atoms with van der Waals surface area (Å²) in [6, 6.07) is 0.424. The monoisotopic (exact) mass is 189 g/mol. The van der Waals surface area contributed by atoms with Crippen molar-refractivity contribution < 1.29 is 9.13 Å². The first-order valence-corrected chi connectivity index (χ1v) is 5.11. The summed E-state index contributed by atoms with van der Waals surface area (Å²) in [7, 11) is 0. The molecule has 0 bridgehead atoms. The van der Waals surface area contributed by atoms with Gasteiger partial charge >= 0.3 is 0 Å². The van der Waals surface area contributed by atoms with Gasteiger partial charge in [-0.1, -0.05) is 0 Å². The Kier molecular flexibility index (Phi) is 4.13. The maximum atomic E-state index is 12.6. The molecule has 0 N–H and O–H groups in total. The van der Waals surface area contributed by atoms with Crippen LogP contribution in [-0.2, 0) is 4.74 Å². The Bertz CT molecular complexity index is 152. The number of ether oxygens (including phenoxy) is 1. The minimum Gasteiger partial charge on any atom is -0.376 e. The molecule has 1 aliphatic rings. The Morgan fingerprint density at radius 2 is 2.23 bits per heavy atom. The zero-order chi connectivity index (χ0) is 9.84. The van der Waals surface area contributed by atoms with Crippen molar-refractivity contribution >= 4 is 0 Å². The predicted molar refractivity (Wildman–Crippen MR) is 51.6 cm³/mol. The number of halogens is 1. The van der Waals surface area contributed by atoms with Gasteiger partial charge < -0.3 is 4.74 Å². The molecule has 0 radical (unpaired) electrons. The van der Waals surface area contributed by atoms with Gasteiger partial charge in [-0.25, -0.2) is 4.39 Å². The number of nitrogens with zero attached hydrogens (tertiary/aromatic N) is 1. The molecule has 3 atom stereocenters. The summed E-state index contributed by atoms with van der Waals surface area (Å²) in [6.07, 6.45) is 0.228. The minimum absolute atomic E-state index is 0.281. The van der Waals surface area contributed by atoms with E-state index in [1.165, 1.54) is 0 Å². The molecule has 1 fully saturated rings. The normalized spacial score (nSPS) is 33.2. The van der Waals surface area contributed by atoms with Gasteiger partial charge in [0.25, 0.3) is 0 Å². The van der Waals surface area contributed by atoms with Crippen molar-refractivity contribution in [2.75, 3.05) is 19.7 Å². The molecule has 3 unspecified atom stereocenters. The molecule has 0 saturated carbocycles. The van der Waals surface area contributed by atoms with Crippen molar-refractivity contribution in [2.45, 2.75) is 45.5 Å². The quantitative estimate of drug-likeness (QED) is 0.671. The molecular formula is C10H20FNO. The number of hydrogen-bond donors (Lipinski definition) is 0. The van der Waals surface area contributed by atoms with E-state index >= 15 is 0 Å². The summed E-state index contributed by atoms with van der Waals surface area (Å²) in [5.74, 6) is 0.